The van der Waals surface area contributed by atoms with Crippen molar-refractivity contribution in [2.75, 3.05) is 5.32 Å². The fraction of sp³-hybridized carbons (Fsp3) is 0.214. The fourth-order valence-corrected chi connectivity index (χ4v) is 2.19. The molecule has 0 spiro atoms. The van der Waals surface area contributed by atoms with Crippen molar-refractivity contribution in [3.8, 4) is 0 Å². The molecular weight excluding hydrogens is 266 g/mol. The van der Waals surface area contributed by atoms with E-state index < -0.39 is 5.76 Å². The Balaban J connectivity index is 1.99. The van der Waals surface area contributed by atoms with Gasteiger partial charge in [0.05, 0.1) is 11.7 Å². The number of hydrogen-bond donors (Lipinski definition) is 1. The second-order valence-corrected chi connectivity index (χ2v) is 5.09. The zero-order valence-corrected chi connectivity index (χ0v) is 11.2. The van der Waals surface area contributed by atoms with Crippen molar-refractivity contribution in [3.63, 3.8) is 0 Å². The van der Waals surface area contributed by atoms with Gasteiger partial charge < -0.3 is 5.32 Å². The van der Waals surface area contributed by atoms with Crippen LogP contribution in [0.2, 0.25) is 0 Å². The van der Waals surface area contributed by atoms with Gasteiger partial charge in [-0.1, -0.05) is 17.8 Å². The number of aromatic nitrogens is 1. The second kappa shape index (κ2) is 6.52. The van der Waals surface area contributed by atoms with Crippen molar-refractivity contribution in [1.29, 1.82) is 0 Å². The number of halogens is 2. The third kappa shape index (κ3) is 4.21. The SMILES string of the molecule is CC(Nc1ccc(SC(F)F)cc1)c1ccccn1. The zero-order valence-electron chi connectivity index (χ0n) is 10.4. The molecule has 5 heteroatoms. The monoisotopic (exact) mass is 280 g/mol. The number of thioether (sulfide) groups is 1. The quantitative estimate of drug-likeness (QED) is 0.812. The van der Waals surface area contributed by atoms with Gasteiger partial charge in [0.1, 0.15) is 0 Å². The Kier molecular flexibility index (Phi) is 4.74. The molecule has 0 aliphatic rings. The molecule has 0 amide bonds. The van der Waals surface area contributed by atoms with E-state index in [4.69, 9.17) is 0 Å². The predicted molar refractivity (Wildman–Crippen MR) is 74.6 cm³/mol. The maximum atomic E-state index is 12.2. The highest BCUT2D eigenvalue weighted by molar-refractivity contribution is 7.99. The van der Waals surface area contributed by atoms with Crippen molar-refractivity contribution in [1.82, 2.24) is 4.98 Å². The van der Waals surface area contributed by atoms with Crippen LogP contribution in [0.4, 0.5) is 14.5 Å². The molecule has 0 fully saturated rings. The third-order valence-corrected chi connectivity index (χ3v) is 3.32. The Morgan fingerprint density at radius 1 is 1.11 bits per heavy atom. The highest BCUT2D eigenvalue weighted by Gasteiger charge is 2.07. The van der Waals surface area contributed by atoms with Crippen molar-refractivity contribution in [2.24, 2.45) is 0 Å². The summed E-state index contributed by atoms with van der Waals surface area (Å²) >= 11 is 0.549. The minimum absolute atomic E-state index is 0.0646. The van der Waals surface area contributed by atoms with Gasteiger partial charge in [-0.25, -0.2) is 0 Å². The lowest BCUT2D eigenvalue weighted by atomic mass is 10.2. The molecule has 0 saturated heterocycles. The summed E-state index contributed by atoms with van der Waals surface area (Å²) in [6, 6.07) is 12.8. The number of pyridine rings is 1. The van der Waals surface area contributed by atoms with Crippen LogP contribution in [0.5, 0.6) is 0 Å². The average molecular weight is 280 g/mol. The molecule has 0 radical (unpaired) electrons. The van der Waals surface area contributed by atoms with Crippen LogP contribution in [0.25, 0.3) is 0 Å². The van der Waals surface area contributed by atoms with Gasteiger partial charge in [-0.3, -0.25) is 4.98 Å². The van der Waals surface area contributed by atoms with Gasteiger partial charge in [0.2, 0.25) is 0 Å². The van der Waals surface area contributed by atoms with Gasteiger partial charge in [-0.05, 0) is 43.3 Å². The number of alkyl halides is 2. The van der Waals surface area contributed by atoms with Crippen molar-refractivity contribution in [2.45, 2.75) is 23.6 Å². The van der Waals surface area contributed by atoms with Gasteiger partial charge >= 0.3 is 0 Å². The molecule has 1 heterocycles. The lowest BCUT2D eigenvalue weighted by molar-refractivity contribution is 0.252. The maximum Gasteiger partial charge on any atom is 0.288 e. The Bertz CT molecular complexity index is 503. The summed E-state index contributed by atoms with van der Waals surface area (Å²) in [5, 5.41) is 3.28. The van der Waals surface area contributed by atoms with Crippen LogP contribution in [0.3, 0.4) is 0 Å². The predicted octanol–water partition coefficient (Wildman–Crippen LogP) is 4.57. The minimum atomic E-state index is -2.38. The van der Waals surface area contributed by atoms with E-state index in [1.54, 1.807) is 30.5 Å². The molecule has 2 nitrogen and oxygen atoms in total. The topological polar surface area (TPSA) is 24.9 Å². The van der Waals surface area contributed by atoms with E-state index in [2.05, 4.69) is 10.3 Å². The first-order chi connectivity index (χ1) is 9.15. The van der Waals surface area contributed by atoms with E-state index in [-0.39, 0.29) is 6.04 Å². The summed E-state index contributed by atoms with van der Waals surface area (Å²) < 4.78 is 24.4. The van der Waals surface area contributed by atoms with Crippen LogP contribution in [-0.2, 0) is 0 Å². The fourth-order valence-electron chi connectivity index (χ4n) is 1.69. The Morgan fingerprint density at radius 3 is 2.42 bits per heavy atom. The molecule has 0 aliphatic heterocycles. The lowest BCUT2D eigenvalue weighted by Gasteiger charge is -2.14. The smallest absolute Gasteiger partial charge is 0.288 e. The van der Waals surface area contributed by atoms with Gasteiger partial charge in [0.15, 0.2) is 0 Å². The summed E-state index contributed by atoms with van der Waals surface area (Å²) in [6.45, 7) is 2.00. The van der Waals surface area contributed by atoms with Crippen molar-refractivity contribution in [3.05, 3.63) is 54.4 Å². The molecule has 0 bridgehead atoms. The maximum absolute atomic E-state index is 12.2. The van der Waals surface area contributed by atoms with E-state index in [0.29, 0.717) is 16.7 Å². The summed E-state index contributed by atoms with van der Waals surface area (Å²) in [6.07, 6.45) is 1.75. The van der Waals surface area contributed by atoms with E-state index in [9.17, 15) is 8.78 Å². The first kappa shape index (κ1) is 13.8. The number of anilines is 1. The summed E-state index contributed by atoms with van der Waals surface area (Å²) in [7, 11) is 0. The molecule has 1 N–H and O–H groups in total. The van der Waals surface area contributed by atoms with E-state index in [0.717, 1.165) is 11.4 Å². The number of hydrogen-bond acceptors (Lipinski definition) is 3. The van der Waals surface area contributed by atoms with Crippen molar-refractivity contribution < 1.29 is 8.78 Å². The van der Waals surface area contributed by atoms with E-state index in [1.807, 2.05) is 25.1 Å². The van der Waals surface area contributed by atoms with E-state index in [1.165, 1.54) is 0 Å². The lowest BCUT2D eigenvalue weighted by Crippen LogP contribution is -2.07. The number of rotatable bonds is 5. The highest BCUT2D eigenvalue weighted by atomic mass is 32.2. The Labute approximate surface area is 115 Å². The largest absolute Gasteiger partial charge is 0.377 e. The van der Waals surface area contributed by atoms with Crippen LogP contribution in [0.15, 0.2) is 53.6 Å². The van der Waals surface area contributed by atoms with Gasteiger partial charge in [0, 0.05) is 16.8 Å². The molecule has 19 heavy (non-hydrogen) atoms. The summed E-state index contributed by atoms with van der Waals surface area (Å²) in [5.74, 6) is -2.38. The Morgan fingerprint density at radius 2 is 1.84 bits per heavy atom. The van der Waals surface area contributed by atoms with Crippen LogP contribution < -0.4 is 5.32 Å². The molecule has 1 aromatic carbocycles. The van der Waals surface area contributed by atoms with Crippen LogP contribution in [0, 0.1) is 0 Å². The molecule has 2 rings (SSSR count). The highest BCUT2D eigenvalue weighted by Crippen LogP contribution is 2.27. The molecular formula is C14H14F2N2S. The molecule has 100 valence electrons. The minimum Gasteiger partial charge on any atom is -0.377 e. The Hall–Kier alpha value is -1.62. The zero-order chi connectivity index (χ0) is 13.7. The molecule has 1 aromatic heterocycles. The molecule has 2 aromatic rings. The standard InChI is InChI=1S/C14H14F2N2S/c1-10(13-4-2-3-9-17-13)18-11-5-7-12(8-6-11)19-14(15)16/h2-10,14,18H,1H3. The molecule has 1 atom stereocenters. The third-order valence-electron chi connectivity index (χ3n) is 2.59. The molecule has 0 aliphatic carbocycles. The van der Waals surface area contributed by atoms with Gasteiger partial charge in [0.25, 0.3) is 5.76 Å². The molecule has 0 saturated carbocycles. The van der Waals surface area contributed by atoms with Crippen LogP contribution in [-0.4, -0.2) is 10.7 Å². The van der Waals surface area contributed by atoms with E-state index >= 15 is 0 Å². The molecule has 1 unspecified atom stereocenters. The number of nitrogens with one attached hydrogen (secondary N) is 1. The first-order valence-electron chi connectivity index (χ1n) is 5.87. The first-order valence-corrected chi connectivity index (χ1v) is 6.75. The van der Waals surface area contributed by atoms with Crippen molar-refractivity contribution >= 4 is 17.4 Å². The average Bonchev–Trinajstić information content (AvgIpc) is 2.41. The number of nitrogens with zero attached hydrogens (tertiary/aromatic N) is 1. The normalized spacial score (nSPS) is 12.4. The number of benzene rings is 1. The second-order valence-electron chi connectivity index (χ2n) is 4.02. The van der Waals surface area contributed by atoms with Gasteiger partial charge in [-0.15, -0.1) is 0 Å². The van der Waals surface area contributed by atoms with Crippen LogP contribution in [0.1, 0.15) is 18.7 Å². The van der Waals surface area contributed by atoms with Gasteiger partial charge in [-0.2, -0.15) is 8.78 Å². The van der Waals surface area contributed by atoms with Crippen LogP contribution >= 0.6 is 11.8 Å². The summed E-state index contributed by atoms with van der Waals surface area (Å²) in [4.78, 5) is 4.83. The summed E-state index contributed by atoms with van der Waals surface area (Å²) in [5.41, 5.74) is 1.82.